The molecule has 0 aromatic rings. The number of nitrogens with one attached hydrogen (secondary N) is 1. The summed E-state index contributed by atoms with van der Waals surface area (Å²) in [4.78, 5) is 31.2. The van der Waals surface area contributed by atoms with Crippen LogP contribution in [0.1, 0.15) is 19.8 Å². The third kappa shape index (κ3) is 14.4. The largest absolute Gasteiger partial charge is 0.490 e. The van der Waals surface area contributed by atoms with Crippen LogP contribution < -0.4 is 11.1 Å². The van der Waals surface area contributed by atoms with Gasteiger partial charge in [-0.1, -0.05) is 13.3 Å². The van der Waals surface area contributed by atoms with Crippen molar-refractivity contribution in [1.82, 2.24) is 10.2 Å². The molecule has 1 aliphatic rings. The predicted octanol–water partition coefficient (Wildman–Crippen LogP) is 0.308. The molecule has 0 radical (unpaired) electrons. The molecule has 0 aliphatic carbocycles. The van der Waals surface area contributed by atoms with Crippen LogP contribution in [0.25, 0.3) is 0 Å². The second-order valence-electron chi connectivity index (χ2n) is 4.96. The highest BCUT2D eigenvalue weighted by Crippen LogP contribution is 2.13. The minimum Gasteiger partial charge on any atom is -0.475 e. The van der Waals surface area contributed by atoms with E-state index >= 15 is 0 Å². The van der Waals surface area contributed by atoms with Gasteiger partial charge in [-0.05, 0) is 6.42 Å². The number of rotatable bonds is 6. The number of nitrogens with zero attached hydrogens (tertiary/aromatic N) is 1. The van der Waals surface area contributed by atoms with Gasteiger partial charge in [-0.15, -0.1) is 0 Å². The molecule has 154 valence electrons. The van der Waals surface area contributed by atoms with Gasteiger partial charge >= 0.3 is 12.1 Å². The van der Waals surface area contributed by atoms with E-state index in [2.05, 4.69) is 10.1 Å². The van der Waals surface area contributed by atoms with Crippen LogP contribution in [-0.2, 0) is 19.1 Å². The molecule has 12 heteroatoms. The van der Waals surface area contributed by atoms with Crippen molar-refractivity contribution >= 4 is 18.3 Å². The minimum atomic E-state index is -5.08. The van der Waals surface area contributed by atoms with E-state index in [0.717, 1.165) is 25.9 Å². The Bertz CT molecular complexity index is 405. The van der Waals surface area contributed by atoms with Crippen molar-refractivity contribution in [3.05, 3.63) is 0 Å². The maximum Gasteiger partial charge on any atom is 0.490 e. The van der Waals surface area contributed by atoms with E-state index < -0.39 is 24.9 Å². The first kappa shape index (κ1) is 26.3. The van der Waals surface area contributed by atoms with Crippen LogP contribution in [0.15, 0.2) is 0 Å². The van der Waals surface area contributed by atoms with Crippen LogP contribution in [0.4, 0.5) is 17.6 Å². The van der Waals surface area contributed by atoms with Crippen molar-refractivity contribution in [2.45, 2.75) is 32.0 Å². The van der Waals surface area contributed by atoms with Crippen molar-refractivity contribution in [2.75, 3.05) is 39.5 Å². The van der Waals surface area contributed by atoms with Gasteiger partial charge in [0.1, 0.15) is 12.7 Å². The number of hydrogen-bond donors (Lipinski definition) is 3. The number of carboxylic acid groups (broad SMARTS) is 1. The number of halogens is 4. The molecule has 0 spiro atoms. The summed E-state index contributed by atoms with van der Waals surface area (Å²) in [5.41, 5.74) is 5.26. The quantitative estimate of drug-likeness (QED) is 0.338. The number of aliphatic carboxylic acids is 1. The van der Waals surface area contributed by atoms with Crippen LogP contribution >= 0.6 is 0 Å². The van der Waals surface area contributed by atoms with Gasteiger partial charge in [0.2, 0.25) is 5.91 Å². The molecule has 0 saturated carbocycles. The fraction of sp³-hybridized carbons (Fsp3) is 0.786. The number of carbonyl (C=O) groups excluding carboxylic acids is 2. The summed E-state index contributed by atoms with van der Waals surface area (Å²) in [6.07, 6.45) is -3.04. The monoisotopic (exact) mass is 391 g/mol. The zero-order valence-electron chi connectivity index (χ0n) is 14.4. The maximum atomic E-state index is 12.0. The molecule has 1 atom stereocenters. The fourth-order valence-electron chi connectivity index (χ4n) is 1.46. The third-order valence-electron chi connectivity index (χ3n) is 2.84. The average molecular weight is 391 g/mol. The van der Waals surface area contributed by atoms with Gasteiger partial charge in [-0.3, -0.25) is 9.59 Å². The number of piperazine rings is 1. The first-order valence-electron chi connectivity index (χ1n) is 7.78. The van der Waals surface area contributed by atoms with Crippen molar-refractivity contribution in [3.8, 4) is 0 Å². The van der Waals surface area contributed by atoms with Crippen LogP contribution in [0, 0.1) is 0 Å². The Morgan fingerprint density at radius 3 is 2.19 bits per heavy atom. The number of alkyl halides is 4. The second kappa shape index (κ2) is 15.3. The number of unbranched alkanes of at least 4 members (excludes halogenated alkanes) is 1. The Morgan fingerprint density at radius 1 is 1.35 bits per heavy atom. The lowest BCUT2D eigenvalue weighted by molar-refractivity contribution is -0.192. The summed E-state index contributed by atoms with van der Waals surface area (Å²) in [5, 5.41) is 10.2. The molecule has 1 rings (SSSR count). The first-order chi connectivity index (χ1) is 12.1. The first-order valence-corrected chi connectivity index (χ1v) is 7.78. The number of carboxylic acids is 1. The van der Waals surface area contributed by atoms with E-state index in [1.165, 1.54) is 0 Å². The Kier molecular flexibility index (Phi) is 15.5. The molecule has 8 nitrogen and oxygen atoms in total. The summed E-state index contributed by atoms with van der Waals surface area (Å²) in [6, 6.07) is -0.969. The Morgan fingerprint density at radius 2 is 1.85 bits per heavy atom. The zero-order chi connectivity index (χ0) is 20.6. The molecule has 26 heavy (non-hydrogen) atoms. The van der Waals surface area contributed by atoms with E-state index in [-0.39, 0.29) is 5.91 Å². The van der Waals surface area contributed by atoms with Gasteiger partial charge in [-0.25, -0.2) is 9.18 Å². The number of nitrogens with two attached hydrogens (primary N) is 1. The summed E-state index contributed by atoms with van der Waals surface area (Å²) >= 11 is 0. The highest BCUT2D eigenvalue weighted by Gasteiger charge is 2.38. The summed E-state index contributed by atoms with van der Waals surface area (Å²) in [7, 11) is 0. The molecule has 0 aromatic carbocycles. The van der Waals surface area contributed by atoms with Gasteiger partial charge in [0.25, 0.3) is 6.47 Å². The fourth-order valence-corrected chi connectivity index (χ4v) is 1.46. The average Bonchev–Trinajstić information content (AvgIpc) is 2.62. The highest BCUT2D eigenvalue weighted by atomic mass is 19.4. The predicted molar refractivity (Wildman–Crippen MR) is 84.0 cm³/mol. The van der Waals surface area contributed by atoms with Gasteiger partial charge in [-0.2, -0.15) is 13.2 Å². The number of ether oxygens (including phenoxy) is 1. The SMILES string of the molecule is CCCCOC=O.NC(CF)C(=O)N1CCNCC1.O=C(O)C(F)(F)F. The summed E-state index contributed by atoms with van der Waals surface area (Å²) < 4.78 is 48.1. The van der Waals surface area contributed by atoms with Gasteiger partial charge in [0, 0.05) is 26.2 Å². The van der Waals surface area contributed by atoms with Gasteiger partial charge < -0.3 is 25.8 Å². The lowest BCUT2D eigenvalue weighted by Crippen LogP contribution is -2.52. The molecule has 1 heterocycles. The van der Waals surface area contributed by atoms with Crippen LogP contribution in [-0.4, -0.2) is 80.0 Å². The van der Waals surface area contributed by atoms with E-state index in [1.807, 2.05) is 6.92 Å². The number of amides is 1. The van der Waals surface area contributed by atoms with E-state index in [0.29, 0.717) is 26.2 Å². The lowest BCUT2D eigenvalue weighted by Gasteiger charge is -2.28. The molecule has 1 aliphatic heterocycles. The van der Waals surface area contributed by atoms with Crippen LogP contribution in [0.3, 0.4) is 0 Å². The van der Waals surface area contributed by atoms with E-state index in [4.69, 9.17) is 15.6 Å². The smallest absolute Gasteiger partial charge is 0.475 e. The van der Waals surface area contributed by atoms with E-state index in [1.54, 1.807) is 4.90 Å². The number of hydrogen-bond acceptors (Lipinski definition) is 6. The van der Waals surface area contributed by atoms with Crippen molar-refractivity contribution in [2.24, 2.45) is 5.73 Å². The second-order valence-corrected chi connectivity index (χ2v) is 4.96. The molecule has 0 aromatic heterocycles. The lowest BCUT2D eigenvalue weighted by atomic mass is 10.2. The molecule has 1 saturated heterocycles. The topological polar surface area (TPSA) is 122 Å². The summed E-state index contributed by atoms with van der Waals surface area (Å²) in [5.74, 6) is -3.04. The Balaban J connectivity index is 0. The van der Waals surface area contributed by atoms with Crippen molar-refractivity contribution in [3.63, 3.8) is 0 Å². The standard InChI is InChI=1S/C7H14FN3O.C5H10O2.C2HF3O2/c8-5-6(9)7(12)11-3-1-10-2-4-11;1-2-3-4-7-5-6;3-2(4,5)1(6)7/h6,10H,1-5,9H2;5H,2-4H2,1H3;(H,6,7). The molecular formula is C14H25F4N3O5. The number of carbonyl (C=O) groups is 3. The zero-order valence-corrected chi connectivity index (χ0v) is 14.4. The van der Waals surface area contributed by atoms with Gasteiger partial charge in [0.05, 0.1) is 6.61 Å². The van der Waals surface area contributed by atoms with Crippen molar-refractivity contribution in [1.29, 1.82) is 0 Å². The van der Waals surface area contributed by atoms with Crippen LogP contribution in [0.5, 0.6) is 0 Å². The minimum absolute atomic E-state index is 0.279. The molecular weight excluding hydrogens is 366 g/mol. The molecule has 1 fully saturated rings. The molecule has 1 unspecified atom stereocenters. The van der Waals surface area contributed by atoms with Crippen LogP contribution in [0.2, 0.25) is 0 Å². The normalized spacial score (nSPS) is 14.8. The molecule has 0 bridgehead atoms. The maximum absolute atomic E-state index is 12.0. The highest BCUT2D eigenvalue weighted by molar-refractivity contribution is 5.81. The molecule has 4 N–H and O–H groups in total. The molecule has 1 amide bonds. The summed E-state index contributed by atoms with van der Waals surface area (Å²) in [6.45, 7) is 5.13. The third-order valence-corrected chi connectivity index (χ3v) is 2.84. The van der Waals surface area contributed by atoms with Gasteiger partial charge in [0.15, 0.2) is 0 Å². The van der Waals surface area contributed by atoms with Crippen molar-refractivity contribution < 1.29 is 41.8 Å². The Labute approximate surface area is 148 Å². The Hall–Kier alpha value is -1.95. The van der Waals surface area contributed by atoms with E-state index in [9.17, 15) is 27.2 Å².